The van der Waals surface area contributed by atoms with Crippen molar-refractivity contribution in [3.63, 3.8) is 0 Å². The molecule has 1 aliphatic carbocycles. The molecule has 3 N–H and O–H groups in total. The molecule has 208 valence electrons. The number of carbonyl (C=O) groups is 2. The highest BCUT2D eigenvalue weighted by atomic mass is 16.4. The summed E-state index contributed by atoms with van der Waals surface area (Å²) < 4.78 is 0. The predicted molar refractivity (Wildman–Crippen MR) is 159 cm³/mol. The molecule has 41 heavy (non-hydrogen) atoms. The lowest BCUT2D eigenvalue weighted by molar-refractivity contribution is -0.137. The van der Waals surface area contributed by atoms with E-state index in [1.807, 2.05) is 39.0 Å². The highest BCUT2D eigenvalue weighted by Gasteiger charge is 2.43. The van der Waals surface area contributed by atoms with Crippen LogP contribution in [0, 0.1) is 11.8 Å². The van der Waals surface area contributed by atoms with Gasteiger partial charge in [0.1, 0.15) is 0 Å². The minimum atomic E-state index is -0.850. The first-order valence-electron chi connectivity index (χ1n) is 14.0. The number of allylic oxidation sites excluding steroid dienone is 12. The van der Waals surface area contributed by atoms with Gasteiger partial charge >= 0.3 is 5.97 Å². The Bertz CT molecular complexity index is 1710. The van der Waals surface area contributed by atoms with E-state index in [2.05, 4.69) is 18.8 Å². The van der Waals surface area contributed by atoms with E-state index in [9.17, 15) is 19.8 Å². The van der Waals surface area contributed by atoms with Gasteiger partial charge in [-0.3, -0.25) is 9.59 Å². The predicted octanol–water partition coefficient (Wildman–Crippen LogP) is 5.89. The van der Waals surface area contributed by atoms with Crippen LogP contribution >= 0.6 is 0 Å². The third-order valence-corrected chi connectivity index (χ3v) is 8.85. The van der Waals surface area contributed by atoms with Crippen LogP contribution in [0.3, 0.4) is 0 Å². The van der Waals surface area contributed by atoms with Crippen molar-refractivity contribution < 1.29 is 19.8 Å². The summed E-state index contributed by atoms with van der Waals surface area (Å²) in [5.41, 5.74) is 11.5. The maximum absolute atomic E-state index is 13.4. The van der Waals surface area contributed by atoms with E-state index in [1.165, 1.54) is 0 Å². The Kier molecular flexibility index (Phi) is 6.36. The number of nitrogens with one attached hydrogen (secondary N) is 1. The number of carbonyl (C=O) groups excluding carboxylic acids is 1. The van der Waals surface area contributed by atoms with E-state index >= 15 is 0 Å². The van der Waals surface area contributed by atoms with Gasteiger partial charge in [-0.05, 0) is 61.6 Å². The van der Waals surface area contributed by atoms with Crippen LogP contribution in [0.15, 0.2) is 120 Å². The molecular formula is C33H32N4O4. The van der Waals surface area contributed by atoms with Crippen molar-refractivity contribution in [2.24, 2.45) is 26.8 Å². The van der Waals surface area contributed by atoms with Gasteiger partial charge in [0, 0.05) is 58.4 Å². The average Bonchev–Trinajstić information content (AvgIpc) is 3.69. The smallest absolute Gasteiger partial charge is 0.303 e. The molecule has 0 unspecified atom stereocenters. The van der Waals surface area contributed by atoms with Crippen molar-refractivity contribution in [3.8, 4) is 0 Å². The molecule has 0 aromatic carbocycles. The lowest BCUT2D eigenvalue weighted by atomic mass is 9.86. The first-order valence-corrected chi connectivity index (χ1v) is 14.0. The molecule has 0 amide bonds. The summed E-state index contributed by atoms with van der Waals surface area (Å²) in [6.45, 7) is 12.0. The zero-order valence-electron chi connectivity index (χ0n) is 23.6. The maximum Gasteiger partial charge on any atom is 0.303 e. The number of carboxylic acid groups (broad SMARTS) is 1. The normalized spacial score (nSPS) is 26.0. The van der Waals surface area contributed by atoms with Crippen molar-refractivity contribution in [2.75, 3.05) is 0 Å². The Labute approximate surface area is 238 Å². The lowest BCUT2D eigenvalue weighted by Gasteiger charge is -2.16. The van der Waals surface area contributed by atoms with Crippen LogP contribution in [0.2, 0.25) is 0 Å². The minimum absolute atomic E-state index is 0.00975. The van der Waals surface area contributed by atoms with Crippen molar-refractivity contribution >= 4 is 28.9 Å². The maximum atomic E-state index is 13.4. The zero-order chi connectivity index (χ0) is 29.2. The molecule has 8 heteroatoms. The van der Waals surface area contributed by atoms with Crippen LogP contribution in [0.4, 0.5) is 0 Å². The fraction of sp³-hybridized carbons (Fsp3) is 0.303. The van der Waals surface area contributed by atoms with Crippen LogP contribution in [-0.4, -0.2) is 39.1 Å². The molecule has 8 nitrogen and oxygen atoms in total. The van der Waals surface area contributed by atoms with Gasteiger partial charge in [0.25, 0.3) is 0 Å². The van der Waals surface area contributed by atoms with Crippen molar-refractivity contribution in [1.29, 1.82) is 0 Å². The number of fused-ring (bicyclic) bond motifs is 5. The van der Waals surface area contributed by atoms with E-state index < -0.39 is 5.97 Å². The highest BCUT2D eigenvalue weighted by molar-refractivity contribution is 6.38. The molecule has 0 aromatic heterocycles. The molecule has 2 fully saturated rings. The molecule has 6 aliphatic rings. The summed E-state index contributed by atoms with van der Waals surface area (Å²) in [6, 6.07) is 0. The second-order valence-electron chi connectivity index (χ2n) is 11.1. The first-order chi connectivity index (χ1) is 19.7. The molecule has 5 heterocycles. The van der Waals surface area contributed by atoms with Crippen molar-refractivity contribution in [2.45, 2.75) is 53.4 Å². The number of aliphatic imine (C=N–C) groups is 3. The number of ketones is 1. The fourth-order valence-corrected chi connectivity index (χ4v) is 6.60. The number of Topliss-reactive ketones (excluding diaryl/α,β-unsaturated/α-hetero) is 1. The number of rotatable bonds is 5. The number of aliphatic hydroxyl groups is 1. The minimum Gasteiger partial charge on any atom is -0.515 e. The van der Waals surface area contributed by atoms with Crippen LogP contribution < -0.4 is 5.32 Å². The zero-order valence-corrected chi connectivity index (χ0v) is 23.6. The van der Waals surface area contributed by atoms with Crippen LogP contribution in [0.5, 0.6) is 0 Å². The molecule has 8 bridgehead atoms. The lowest BCUT2D eigenvalue weighted by Crippen LogP contribution is -2.15. The van der Waals surface area contributed by atoms with Crippen molar-refractivity contribution in [3.05, 3.63) is 105 Å². The third-order valence-electron chi connectivity index (χ3n) is 8.85. The van der Waals surface area contributed by atoms with E-state index in [-0.39, 0.29) is 30.5 Å². The molecule has 1 saturated carbocycles. The Morgan fingerprint density at radius 1 is 1.12 bits per heavy atom. The van der Waals surface area contributed by atoms with Crippen LogP contribution in [0.1, 0.15) is 53.4 Å². The quantitative estimate of drug-likeness (QED) is 0.370. The number of nitrogens with zero attached hydrogens (tertiary/aromatic N) is 3. The van der Waals surface area contributed by atoms with E-state index in [1.54, 1.807) is 6.08 Å². The van der Waals surface area contributed by atoms with Crippen LogP contribution in [0.25, 0.3) is 0 Å². The Morgan fingerprint density at radius 2 is 1.90 bits per heavy atom. The summed E-state index contributed by atoms with van der Waals surface area (Å²) in [5, 5.41) is 23.3. The molecule has 1 saturated heterocycles. The molecule has 0 aromatic rings. The van der Waals surface area contributed by atoms with E-state index in [0.717, 1.165) is 51.2 Å². The summed E-state index contributed by atoms with van der Waals surface area (Å²) in [7, 11) is 0. The van der Waals surface area contributed by atoms with Gasteiger partial charge in [-0.15, -0.1) is 0 Å². The van der Waals surface area contributed by atoms with E-state index in [4.69, 9.17) is 15.0 Å². The van der Waals surface area contributed by atoms with Gasteiger partial charge in [0.2, 0.25) is 0 Å². The van der Waals surface area contributed by atoms with Crippen LogP contribution in [-0.2, 0) is 9.59 Å². The van der Waals surface area contributed by atoms with Gasteiger partial charge in [0.05, 0.1) is 40.5 Å². The standard InChI is InChI=1S/C33H32N4O4/c1-6-18-15(3)23-11-24-16(4)20(8-9-30(40)41)32(36-24)21-10-29(39)31-17(5)25(37-33(21)31)12-27-19(7-2)22(14-38)28(35-27)13-26(18)34-23/h6,11-14,16,20,36,38H,1,7-10H2,2-5H3,(H,40,41)/b22-14+,24-11?,25-12?,26-13?,32-21?/t16-,20-/m0/s1. The summed E-state index contributed by atoms with van der Waals surface area (Å²) >= 11 is 0. The Hall–Kier alpha value is -4.59. The largest absolute Gasteiger partial charge is 0.515 e. The number of aliphatic hydroxyl groups excluding tert-OH is 1. The van der Waals surface area contributed by atoms with E-state index in [0.29, 0.717) is 52.5 Å². The second-order valence-corrected chi connectivity index (χ2v) is 11.1. The molecule has 6 rings (SSSR count). The molecular weight excluding hydrogens is 516 g/mol. The highest BCUT2D eigenvalue weighted by Crippen LogP contribution is 2.45. The van der Waals surface area contributed by atoms with Gasteiger partial charge in [-0.2, -0.15) is 0 Å². The van der Waals surface area contributed by atoms with Gasteiger partial charge in [0.15, 0.2) is 5.78 Å². The van der Waals surface area contributed by atoms with Gasteiger partial charge in [-0.1, -0.05) is 26.5 Å². The molecule has 5 aliphatic heterocycles. The van der Waals surface area contributed by atoms with Gasteiger partial charge in [-0.25, -0.2) is 15.0 Å². The topological polar surface area (TPSA) is 124 Å². The number of hydrogen-bond acceptors (Lipinski definition) is 7. The average molecular weight is 549 g/mol. The summed E-state index contributed by atoms with van der Waals surface area (Å²) in [6.07, 6.45) is 9.97. The Balaban J connectivity index is 1.64. The Morgan fingerprint density at radius 3 is 2.59 bits per heavy atom. The summed E-state index contributed by atoms with van der Waals surface area (Å²) in [4.78, 5) is 39.7. The molecule has 2 atom stereocenters. The summed E-state index contributed by atoms with van der Waals surface area (Å²) in [5.74, 6) is -0.974. The monoisotopic (exact) mass is 548 g/mol. The third kappa shape index (κ3) is 4.08. The molecule has 0 radical (unpaired) electrons. The number of hydrogen-bond donors (Lipinski definition) is 3. The number of carboxylic acids is 1. The second kappa shape index (κ2) is 9.80. The fourth-order valence-electron chi connectivity index (χ4n) is 6.60. The van der Waals surface area contributed by atoms with Crippen molar-refractivity contribution in [1.82, 2.24) is 5.32 Å². The SMILES string of the molecule is C=CC1=C(C)C2=NC1=CC1=NC(=C(CC)/C1=C\O)C=C1N=C3C(=C4NC(=C2)[C@@H](C)[C@@H]4CCC(=O)O)CC(=O)C3=C1C. The molecule has 0 spiro atoms. The first kappa shape index (κ1) is 26.6. The van der Waals surface area contributed by atoms with Gasteiger partial charge < -0.3 is 15.5 Å². The number of aliphatic carboxylic acids is 1.